The number of hydrogen-bond acceptors (Lipinski definition) is 4. The van der Waals surface area contributed by atoms with Crippen molar-refractivity contribution in [3.05, 3.63) is 77.2 Å². The number of carbonyl (C=O) groups excluding carboxylic acids is 2. The topological polar surface area (TPSA) is 67.9 Å². The van der Waals surface area contributed by atoms with Crippen LogP contribution in [0, 0.1) is 22.2 Å². The molecule has 6 heteroatoms. The standard InChI is InChI=1S/C34H40N2O4/c1-32-14-24-15-33(2,19-32)21-34(16-24,20-32)17-30(37)35-27-10-6-9-26-25(27)11-12-36(31(26)38)28(29-18-39-22-40-29)13-23-7-4-3-5-8-23/h3-10,18,24,28H,11-17,19-22H2,1-2H3,(H,35,37). The first-order valence-corrected chi connectivity index (χ1v) is 14.9. The van der Waals surface area contributed by atoms with E-state index in [0.717, 1.165) is 22.7 Å². The van der Waals surface area contributed by atoms with E-state index in [1.165, 1.54) is 38.5 Å². The van der Waals surface area contributed by atoms with Crippen LogP contribution in [0.25, 0.3) is 0 Å². The summed E-state index contributed by atoms with van der Waals surface area (Å²) in [6.45, 7) is 5.64. The summed E-state index contributed by atoms with van der Waals surface area (Å²) in [6.07, 6.45) is 11.1. The van der Waals surface area contributed by atoms with Crippen LogP contribution in [0.5, 0.6) is 0 Å². The Bertz CT molecular complexity index is 1350. The molecule has 8 rings (SSSR count). The molecular weight excluding hydrogens is 500 g/mol. The zero-order chi connectivity index (χ0) is 27.5. The molecular formula is C34H40N2O4. The summed E-state index contributed by atoms with van der Waals surface area (Å²) in [5, 5.41) is 3.26. The average Bonchev–Trinajstić information content (AvgIpc) is 3.41. The van der Waals surface area contributed by atoms with Gasteiger partial charge in [-0.1, -0.05) is 50.2 Å². The summed E-state index contributed by atoms with van der Waals surface area (Å²) in [5.41, 5.74) is 4.42. The molecule has 4 bridgehead atoms. The molecule has 4 aliphatic carbocycles. The molecule has 2 aliphatic heterocycles. The van der Waals surface area contributed by atoms with Crippen LogP contribution >= 0.6 is 0 Å². The minimum absolute atomic E-state index is 0.0309. The Balaban J connectivity index is 1.10. The maximum absolute atomic E-state index is 13.9. The minimum atomic E-state index is -0.248. The fourth-order valence-corrected chi connectivity index (χ4v) is 10.0. The second-order valence-corrected chi connectivity index (χ2v) is 14.1. The predicted octanol–water partition coefficient (Wildman–Crippen LogP) is 6.47. The summed E-state index contributed by atoms with van der Waals surface area (Å²) < 4.78 is 11.1. The molecule has 2 heterocycles. The highest BCUT2D eigenvalue weighted by atomic mass is 16.7. The number of ether oxygens (including phenoxy) is 2. The monoisotopic (exact) mass is 540 g/mol. The van der Waals surface area contributed by atoms with Gasteiger partial charge in [0.1, 0.15) is 6.26 Å². The van der Waals surface area contributed by atoms with Crippen molar-refractivity contribution < 1.29 is 19.1 Å². The highest BCUT2D eigenvalue weighted by molar-refractivity contribution is 6.01. The third-order valence-electron chi connectivity index (χ3n) is 10.3. The Morgan fingerprint density at radius 1 is 1.02 bits per heavy atom. The van der Waals surface area contributed by atoms with Gasteiger partial charge in [0.15, 0.2) is 5.76 Å². The first-order valence-electron chi connectivity index (χ1n) is 14.9. The van der Waals surface area contributed by atoms with Crippen LogP contribution in [0.3, 0.4) is 0 Å². The highest BCUT2D eigenvalue weighted by Gasteiger charge is 2.60. The van der Waals surface area contributed by atoms with Crippen molar-refractivity contribution in [1.82, 2.24) is 4.90 Å². The number of benzene rings is 2. The van der Waals surface area contributed by atoms with Crippen LogP contribution in [-0.2, 0) is 27.1 Å². The maximum Gasteiger partial charge on any atom is 0.254 e. The molecule has 6 nitrogen and oxygen atoms in total. The van der Waals surface area contributed by atoms with Gasteiger partial charge in [0, 0.05) is 30.6 Å². The lowest BCUT2D eigenvalue weighted by molar-refractivity contribution is -0.153. The van der Waals surface area contributed by atoms with Gasteiger partial charge in [-0.25, -0.2) is 0 Å². The van der Waals surface area contributed by atoms with Crippen LogP contribution < -0.4 is 5.32 Å². The number of fused-ring (bicyclic) bond motifs is 1. The normalized spacial score (nSPS) is 32.6. The molecule has 0 aromatic heterocycles. The van der Waals surface area contributed by atoms with E-state index in [9.17, 15) is 9.59 Å². The molecule has 3 atom stereocenters. The lowest BCUT2D eigenvalue weighted by atomic mass is 9.40. The molecule has 6 aliphatic rings. The van der Waals surface area contributed by atoms with Crippen molar-refractivity contribution in [2.45, 2.75) is 77.7 Å². The van der Waals surface area contributed by atoms with Gasteiger partial charge in [0.25, 0.3) is 5.91 Å². The Labute approximate surface area is 237 Å². The number of rotatable bonds is 7. The first kappa shape index (κ1) is 25.7. The quantitative estimate of drug-likeness (QED) is 0.437. The molecule has 0 spiro atoms. The number of nitrogens with one attached hydrogen (secondary N) is 1. The van der Waals surface area contributed by atoms with E-state index < -0.39 is 0 Å². The molecule has 40 heavy (non-hydrogen) atoms. The summed E-state index contributed by atoms with van der Waals surface area (Å²) in [7, 11) is 0. The fraction of sp³-hybridized carbons (Fsp3) is 0.529. The molecule has 4 fully saturated rings. The zero-order valence-corrected chi connectivity index (χ0v) is 23.7. The molecule has 2 aromatic rings. The molecule has 4 saturated carbocycles. The van der Waals surface area contributed by atoms with E-state index in [0.29, 0.717) is 48.0 Å². The van der Waals surface area contributed by atoms with E-state index in [1.807, 2.05) is 41.3 Å². The van der Waals surface area contributed by atoms with E-state index in [-0.39, 0.29) is 30.1 Å². The Morgan fingerprint density at radius 2 is 1.80 bits per heavy atom. The van der Waals surface area contributed by atoms with Gasteiger partial charge in [-0.2, -0.15) is 0 Å². The van der Waals surface area contributed by atoms with Crippen LogP contribution in [0.15, 0.2) is 60.6 Å². The third-order valence-corrected chi connectivity index (χ3v) is 10.3. The van der Waals surface area contributed by atoms with Gasteiger partial charge in [-0.05, 0) is 90.4 Å². The molecule has 2 amide bonds. The van der Waals surface area contributed by atoms with Crippen LogP contribution in [0.2, 0.25) is 0 Å². The molecule has 3 unspecified atom stereocenters. The van der Waals surface area contributed by atoms with Gasteiger partial charge in [0.2, 0.25) is 12.7 Å². The lowest BCUT2D eigenvalue weighted by Crippen LogP contribution is -2.55. The molecule has 1 N–H and O–H groups in total. The van der Waals surface area contributed by atoms with Gasteiger partial charge in [-0.3, -0.25) is 9.59 Å². The first-order chi connectivity index (χ1) is 19.2. The van der Waals surface area contributed by atoms with E-state index in [2.05, 4.69) is 31.3 Å². The summed E-state index contributed by atoms with van der Waals surface area (Å²) in [5.74, 6) is 1.51. The summed E-state index contributed by atoms with van der Waals surface area (Å²) >= 11 is 0. The number of hydrogen-bond donors (Lipinski definition) is 1. The second kappa shape index (κ2) is 9.39. The summed E-state index contributed by atoms with van der Waals surface area (Å²) in [4.78, 5) is 29.4. The molecule has 2 aromatic carbocycles. The maximum atomic E-state index is 13.9. The van der Waals surface area contributed by atoms with Crippen molar-refractivity contribution in [3.8, 4) is 0 Å². The van der Waals surface area contributed by atoms with Gasteiger partial charge in [0.05, 0.1) is 6.04 Å². The van der Waals surface area contributed by atoms with Gasteiger partial charge in [-0.15, -0.1) is 0 Å². The Morgan fingerprint density at radius 3 is 2.50 bits per heavy atom. The number of anilines is 1. The lowest BCUT2D eigenvalue weighted by Gasteiger charge is -2.65. The van der Waals surface area contributed by atoms with Crippen molar-refractivity contribution in [1.29, 1.82) is 0 Å². The third kappa shape index (κ3) is 4.59. The largest absolute Gasteiger partial charge is 0.462 e. The SMILES string of the molecule is CC12CC3CC(C)(C1)CC(CC(=O)Nc1cccc4c1CCN(C(Cc1ccccc1)C1=COCO1)C4=O)(C3)C2. The fourth-order valence-electron chi connectivity index (χ4n) is 10.0. The van der Waals surface area contributed by atoms with E-state index in [1.54, 1.807) is 6.26 Å². The van der Waals surface area contributed by atoms with Gasteiger partial charge < -0.3 is 19.7 Å². The molecule has 0 saturated heterocycles. The van der Waals surface area contributed by atoms with Crippen LogP contribution in [-0.4, -0.2) is 36.1 Å². The second-order valence-electron chi connectivity index (χ2n) is 14.1. The van der Waals surface area contributed by atoms with Crippen molar-refractivity contribution >= 4 is 17.5 Å². The smallest absolute Gasteiger partial charge is 0.254 e. The highest BCUT2D eigenvalue weighted by Crippen LogP contribution is 2.70. The van der Waals surface area contributed by atoms with Crippen molar-refractivity contribution in [3.63, 3.8) is 0 Å². The minimum Gasteiger partial charge on any atom is -0.462 e. The van der Waals surface area contributed by atoms with Crippen molar-refractivity contribution in [2.75, 3.05) is 18.7 Å². The van der Waals surface area contributed by atoms with E-state index >= 15 is 0 Å². The number of amides is 2. The predicted molar refractivity (Wildman–Crippen MR) is 153 cm³/mol. The van der Waals surface area contributed by atoms with E-state index in [4.69, 9.17) is 9.47 Å². The Kier molecular flexibility index (Phi) is 6.03. The summed E-state index contributed by atoms with van der Waals surface area (Å²) in [6, 6.07) is 15.7. The van der Waals surface area contributed by atoms with Gasteiger partial charge >= 0.3 is 0 Å². The average molecular weight is 541 g/mol. The molecule has 0 radical (unpaired) electrons. The number of nitrogens with zero attached hydrogens (tertiary/aromatic N) is 1. The molecule has 210 valence electrons. The number of carbonyl (C=O) groups is 2. The van der Waals surface area contributed by atoms with Crippen LogP contribution in [0.4, 0.5) is 5.69 Å². The zero-order valence-electron chi connectivity index (χ0n) is 23.7. The van der Waals surface area contributed by atoms with Crippen molar-refractivity contribution in [2.24, 2.45) is 22.2 Å². The van der Waals surface area contributed by atoms with Crippen LogP contribution in [0.1, 0.15) is 80.3 Å². The Hall–Kier alpha value is -3.28.